The van der Waals surface area contributed by atoms with Crippen molar-refractivity contribution in [2.75, 3.05) is 0 Å². The lowest BCUT2D eigenvalue weighted by Gasteiger charge is -2.36. The number of rotatable bonds is 32. The molecule has 11 rings (SSSR count). The number of ether oxygens (including phenoxy) is 7. The van der Waals surface area contributed by atoms with Gasteiger partial charge in [-0.15, -0.1) is 0 Å². The summed E-state index contributed by atoms with van der Waals surface area (Å²) < 4.78 is 39.5. The lowest BCUT2D eigenvalue weighted by atomic mass is 9.79. The second-order valence-corrected chi connectivity index (χ2v) is 43.2. The molecule has 4 fully saturated rings. The lowest BCUT2D eigenvalue weighted by Crippen LogP contribution is -2.37. The normalized spacial score (nSPS) is 16.3. The van der Waals surface area contributed by atoms with Crippen LogP contribution < -0.4 is 0 Å². The summed E-state index contributed by atoms with van der Waals surface area (Å²) >= 11 is 0. The Bertz CT molecular complexity index is 4600. The van der Waals surface area contributed by atoms with Gasteiger partial charge in [0.25, 0.3) is 0 Å². The van der Waals surface area contributed by atoms with Crippen molar-refractivity contribution in [3.63, 3.8) is 0 Å². The van der Waals surface area contributed by atoms with Crippen molar-refractivity contribution in [3.8, 4) is 0 Å². The Morgan fingerprint density at radius 1 is 0.279 bits per heavy atom. The van der Waals surface area contributed by atoms with E-state index in [1.54, 1.807) is 0 Å². The van der Waals surface area contributed by atoms with Crippen molar-refractivity contribution >= 4 is 41.8 Å². The molecular formula is C122H180O14. The Morgan fingerprint density at radius 2 is 0.500 bits per heavy atom. The van der Waals surface area contributed by atoms with Gasteiger partial charge < -0.3 is 33.2 Å². The summed E-state index contributed by atoms with van der Waals surface area (Å²) in [5.74, 6) is 3.55. The van der Waals surface area contributed by atoms with E-state index in [0.29, 0.717) is 92.2 Å². The molecule has 14 heteroatoms. The highest BCUT2D eigenvalue weighted by Gasteiger charge is 2.40. The van der Waals surface area contributed by atoms with Gasteiger partial charge in [0, 0.05) is 0 Å². The van der Waals surface area contributed by atoms with Crippen LogP contribution in [0.4, 0.5) is 0 Å². The third kappa shape index (κ3) is 38.5. The standard InChI is InChI=1S/C20H30O2.C19H28O2.C18H26O2.C17H24O2.C17H26O2.C16H24O2.C15H22O2/c1-5-15(2)16-11-13-17(14-12-16)19(21)22-20(3,4)18-9-7-6-8-10-18;1-5-14(2)15-10-12-16(13-11-15)18(20)21-19(3,4)17-8-6-7-9-17;1-4-14(3)15-8-10-16(11-9-15)17(19)20-18(5-2)12-6-7-13-18;1-4-13(2)14-7-9-15(10-8-14)16(18)19-17(3)11-5-6-12-17;1-7-13(4)14-8-10-15(11-9-14)16(18)19-17(5,6)12(2)3;1-6-12(3)13-8-10-14(11-9-13)15(17)18-16(4,5)7-2;1-6-11(2)12-7-9-13(10-8-12)14(16)17-15(3,4)5/h11-15,18H,5-10H2,1-4H3;10-14,17H,5-9H2,1-4H3;8-11,14H,4-7,12-13H2,1-3H3;7-10,13H,4-6,11-12H2,1-3H3;8-13H,7H2,1-6H3;8-12H,6-7H2,1-5H3;7-11H,6H2,1-5H3. The molecule has 0 aromatic heterocycles. The highest BCUT2D eigenvalue weighted by molar-refractivity contribution is 5.93. The number of carbonyl (C=O) groups excluding carboxylic acids is 7. The first-order chi connectivity index (χ1) is 64.0. The quantitative estimate of drug-likeness (QED) is 0.0286. The third-order valence-electron chi connectivity index (χ3n) is 29.8. The molecule has 0 amide bonds. The predicted octanol–water partition coefficient (Wildman–Crippen LogP) is 34.3. The van der Waals surface area contributed by atoms with Crippen molar-refractivity contribution in [2.45, 2.75) is 455 Å². The maximum atomic E-state index is 12.4. The van der Waals surface area contributed by atoms with Gasteiger partial charge in [-0.05, 0) is 401 Å². The van der Waals surface area contributed by atoms with Crippen LogP contribution in [-0.2, 0) is 33.2 Å². The van der Waals surface area contributed by atoms with Crippen LogP contribution in [0.1, 0.15) is 528 Å². The van der Waals surface area contributed by atoms with E-state index in [2.05, 4.69) is 170 Å². The van der Waals surface area contributed by atoms with Gasteiger partial charge in [0.15, 0.2) is 0 Å². The molecule has 0 saturated heterocycles. The van der Waals surface area contributed by atoms with Gasteiger partial charge in [-0.1, -0.05) is 242 Å². The van der Waals surface area contributed by atoms with Crippen molar-refractivity contribution in [1.82, 2.24) is 0 Å². The Kier molecular flexibility index (Phi) is 48.5. The number of esters is 7. The highest BCUT2D eigenvalue weighted by Crippen LogP contribution is 2.41. The van der Waals surface area contributed by atoms with Crippen molar-refractivity contribution in [3.05, 3.63) is 248 Å². The van der Waals surface area contributed by atoms with Gasteiger partial charge in [0.05, 0.1) is 38.9 Å². The molecule has 4 aliphatic carbocycles. The summed E-state index contributed by atoms with van der Waals surface area (Å²) in [7, 11) is 0. The molecule has 7 atom stereocenters. The van der Waals surface area contributed by atoms with Gasteiger partial charge in [0.2, 0.25) is 0 Å². The highest BCUT2D eigenvalue weighted by atomic mass is 16.6. The molecule has 0 N–H and O–H groups in total. The molecule has 4 aliphatic rings. The summed E-state index contributed by atoms with van der Waals surface area (Å²) in [5, 5.41) is 0. The van der Waals surface area contributed by atoms with Crippen LogP contribution in [0.3, 0.4) is 0 Å². The first kappa shape index (κ1) is 117. The zero-order valence-corrected chi connectivity index (χ0v) is 90.0. The van der Waals surface area contributed by atoms with Gasteiger partial charge >= 0.3 is 41.8 Å². The largest absolute Gasteiger partial charge is 0.456 e. The Hall–Kier alpha value is -9.17. The minimum absolute atomic E-state index is 0.163. The summed E-state index contributed by atoms with van der Waals surface area (Å²) in [6, 6.07) is 54.8. The number of hydrogen-bond donors (Lipinski definition) is 0. The smallest absolute Gasteiger partial charge is 0.338 e. The molecule has 0 bridgehead atoms. The molecule has 7 unspecified atom stereocenters. The van der Waals surface area contributed by atoms with Gasteiger partial charge in [0.1, 0.15) is 39.2 Å². The predicted molar refractivity (Wildman–Crippen MR) is 562 cm³/mol. The number of hydrogen-bond acceptors (Lipinski definition) is 14. The monoisotopic (exact) mass is 1870 g/mol. The Morgan fingerprint density at radius 3 is 0.735 bits per heavy atom. The van der Waals surface area contributed by atoms with E-state index < -0.39 is 16.8 Å². The fraction of sp³-hybridized carbons (Fsp3) is 0.598. The van der Waals surface area contributed by atoms with Crippen LogP contribution in [0.15, 0.2) is 170 Å². The van der Waals surface area contributed by atoms with Crippen molar-refractivity contribution < 1.29 is 66.7 Å². The first-order valence-electron chi connectivity index (χ1n) is 52.3. The zero-order valence-electron chi connectivity index (χ0n) is 90.0. The maximum absolute atomic E-state index is 12.4. The lowest BCUT2D eigenvalue weighted by molar-refractivity contribution is -0.0386. The van der Waals surface area contributed by atoms with E-state index in [1.807, 2.05) is 208 Å². The Balaban J connectivity index is 0.000000281. The van der Waals surface area contributed by atoms with Crippen LogP contribution in [0.5, 0.6) is 0 Å². The fourth-order valence-corrected chi connectivity index (χ4v) is 16.9. The molecule has 0 aliphatic heterocycles. The van der Waals surface area contributed by atoms with E-state index in [9.17, 15) is 33.6 Å². The summed E-state index contributed by atoms with van der Waals surface area (Å²) in [6.45, 7) is 62.5. The van der Waals surface area contributed by atoms with E-state index in [1.165, 1.54) is 110 Å². The first-order valence-corrected chi connectivity index (χ1v) is 52.3. The van der Waals surface area contributed by atoms with E-state index in [-0.39, 0.29) is 70.1 Å². The molecular weight excluding hydrogens is 1690 g/mol. The topological polar surface area (TPSA) is 184 Å². The van der Waals surface area contributed by atoms with Gasteiger partial charge in [-0.3, -0.25) is 0 Å². The fourth-order valence-electron chi connectivity index (χ4n) is 16.9. The number of benzene rings is 7. The molecule has 0 radical (unpaired) electrons. The van der Waals surface area contributed by atoms with E-state index >= 15 is 0 Å². The van der Waals surface area contributed by atoms with Crippen LogP contribution in [0, 0.1) is 17.8 Å². The van der Waals surface area contributed by atoms with E-state index in [4.69, 9.17) is 33.2 Å². The SMILES string of the molecule is CCC(C)c1ccc(C(=O)OC(C)(C)C(C)C)cc1.CCC(C)c1ccc(C(=O)OC(C)(C)C)cc1.CCC(C)c1ccc(C(=O)OC(C)(C)C2CCCC2)cc1.CCC(C)c1ccc(C(=O)OC(C)(C)C2CCCCC2)cc1.CCC(C)c1ccc(C(=O)OC(C)(C)CC)cc1.CCC(C)c1ccc(C(=O)OC2(C)CCCC2)cc1.CCC(C)c1ccc(C(=O)OC2(CC)CCCC2)cc1. The molecule has 0 heterocycles. The molecule has 4 saturated carbocycles. The minimum Gasteiger partial charge on any atom is -0.456 e. The summed E-state index contributed by atoms with van der Waals surface area (Å²) in [6.07, 6.45) is 29.2. The Labute approximate surface area is 824 Å². The molecule has 14 nitrogen and oxygen atoms in total. The van der Waals surface area contributed by atoms with Crippen molar-refractivity contribution in [1.29, 1.82) is 0 Å². The molecule has 7 aromatic carbocycles. The summed E-state index contributed by atoms with van der Waals surface area (Å²) in [4.78, 5) is 85.0. The van der Waals surface area contributed by atoms with Crippen LogP contribution in [0.2, 0.25) is 0 Å². The van der Waals surface area contributed by atoms with Gasteiger partial charge in [-0.2, -0.15) is 0 Å². The molecule has 136 heavy (non-hydrogen) atoms. The average molecular weight is 1870 g/mol. The second-order valence-electron chi connectivity index (χ2n) is 43.2. The average Bonchev–Trinajstić information content (AvgIpc) is 1.59. The zero-order chi connectivity index (χ0) is 102. The maximum Gasteiger partial charge on any atom is 0.338 e. The molecule has 752 valence electrons. The third-order valence-corrected chi connectivity index (χ3v) is 29.8. The second kappa shape index (κ2) is 56.2. The van der Waals surface area contributed by atoms with Crippen LogP contribution >= 0.6 is 0 Å². The van der Waals surface area contributed by atoms with Crippen LogP contribution in [0.25, 0.3) is 0 Å². The van der Waals surface area contributed by atoms with E-state index in [0.717, 1.165) is 96.3 Å². The van der Waals surface area contributed by atoms with Crippen molar-refractivity contribution in [2.24, 2.45) is 17.8 Å². The van der Waals surface area contributed by atoms with Gasteiger partial charge in [-0.25, -0.2) is 33.6 Å². The molecule has 0 spiro atoms. The van der Waals surface area contributed by atoms with Crippen LogP contribution in [-0.4, -0.2) is 81.0 Å². The minimum atomic E-state index is -0.438. The number of carbonyl (C=O) groups is 7. The molecule has 7 aromatic rings. The summed E-state index contributed by atoms with van der Waals surface area (Å²) in [5.41, 5.74) is 11.0.